The zero-order chi connectivity index (χ0) is 20.2. The van der Waals surface area contributed by atoms with Crippen molar-refractivity contribution in [2.75, 3.05) is 32.7 Å². The zero-order valence-electron chi connectivity index (χ0n) is 16.9. The average Bonchev–Trinajstić information content (AvgIpc) is 3.17. The maximum absolute atomic E-state index is 13.4. The lowest BCUT2D eigenvalue weighted by Gasteiger charge is -2.34. The van der Waals surface area contributed by atoms with E-state index >= 15 is 0 Å². The van der Waals surface area contributed by atoms with Gasteiger partial charge in [0.05, 0.1) is 0 Å². The van der Waals surface area contributed by atoms with Crippen LogP contribution in [0.3, 0.4) is 0 Å². The molecule has 1 N–H and O–H groups in total. The van der Waals surface area contributed by atoms with E-state index in [0.29, 0.717) is 18.7 Å². The Balaban J connectivity index is 1.33. The Hall–Kier alpha value is -2.44. The predicted molar refractivity (Wildman–Crippen MR) is 110 cm³/mol. The minimum atomic E-state index is -0.596. The van der Waals surface area contributed by atoms with Gasteiger partial charge in [-0.1, -0.05) is 31.2 Å². The molecule has 6 heteroatoms. The second-order valence-electron chi connectivity index (χ2n) is 7.76. The molecule has 1 unspecified atom stereocenters. The number of amides is 1. The van der Waals surface area contributed by atoms with Crippen LogP contribution in [-0.4, -0.2) is 54.5 Å². The van der Waals surface area contributed by atoms with Gasteiger partial charge in [0.2, 0.25) is 0 Å². The monoisotopic (exact) mass is 397 g/mol. The summed E-state index contributed by atoms with van der Waals surface area (Å²) in [5.41, 5.74) is 3.12. The Morgan fingerprint density at radius 2 is 1.83 bits per heavy atom. The van der Waals surface area contributed by atoms with E-state index in [1.165, 1.54) is 17.7 Å². The number of hydrogen-bond donors (Lipinski definition) is 1. The fraction of sp³-hybridized carbons (Fsp3) is 0.435. The number of nitrogens with one attached hydrogen (secondary N) is 1. The summed E-state index contributed by atoms with van der Waals surface area (Å²) in [4.78, 5) is 17.5. The number of piperazine rings is 1. The molecular formula is C23H28FN3O2. The minimum Gasteiger partial charge on any atom is -0.480 e. The number of rotatable bonds is 6. The van der Waals surface area contributed by atoms with E-state index in [4.69, 9.17) is 4.74 Å². The maximum Gasteiger partial charge on any atom is 0.261 e. The molecule has 0 bridgehead atoms. The van der Waals surface area contributed by atoms with Crippen molar-refractivity contribution in [3.8, 4) is 5.75 Å². The SMILES string of the molecule is CCN1CCN(Cc2ccccc2CNC(=O)C2Cc3cc(F)ccc3O2)CC1. The van der Waals surface area contributed by atoms with E-state index in [0.717, 1.165) is 50.4 Å². The smallest absolute Gasteiger partial charge is 0.261 e. The van der Waals surface area contributed by atoms with Gasteiger partial charge < -0.3 is 15.0 Å². The Morgan fingerprint density at radius 1 is 1.10 bits per heavy atom. The van der Waals surface area contributed by atoms with Crippen LogP contribution in [0.25, 0.3) is 0 Å². The first kappa shape index (κ1) is 19.9. The lowest BCUT2D eigenvalue weighted by Crippen LogP contribution is -2.45. The normalized spacial score (nSPS) is 19.6. The van der Waals surface area contributed by atoms with E-state index in [1.54, 1.807) is 6.07 Å². The number of hydrogen-bond acceptors (Lipinski definition) is 4. The number of fused-ring (bicyclic) bond motifs is 1. The van der Waals surface area contributed by atoms with Crippen LogP contribution in [0.5, 0.6) is 5.75 Å². The minimum absolute atomic E-state index is 0.159. The molecule has 1 saturated heterocycles. The Labute approximate surface area is 171 Å². The van der Waals surface area contributed by atoms with Crippen molar-refractivity contribution in [1.29, 1.82) is 0 Å². The van der Waals surface area contributed by atoms with Crippen LogP contribution in [0.4, 0.5) is 4.39 Å². The summed E-state index contributed by atoms with van der Waals surface area (Å²) in [5.74, 6) is 0.133. The number of carbonyl (C=O) groups is 1. The number of likely N-dealkylation sites (N-methyl/N-ethyl adjacent to an activating group) is 1. The molecule has 5 nitrogen and oxygen atoms in total. The van der Waals surface area contributed by atoms with Gasteiger partial charge in [-0.25, -0.2) is 4.39 Å². The van der Waals surface area contributed by atoms with Crippen LogP contribution in [0.2, 0.25) is 0 Å². The first-order valence-corrected chi connectivity index (χ1v) is 10.4. The quantitative estimate of drug-likeness (QED) is 0.814. The van der Waals surface area contributed by atoms with Crippen LogP contribution in [0, 0.1) is 5.82 Å². The molecule has 2 aliphatic heterocycles. The van der Waals surface area contributed by atoms with Crippen molar-refractivity contribution in [2.45, 2.75) is 32.5 Å². The van der Waals surface area contributed by atoms with Crippen molar-refractivity contribution < 1.29 is 13.9 Å². The average molecular weight is 397 g/mol. The Kier molecular flexibility index (Phi) is 6.11. The maximum atomic E-state index is 13.4. The molecule has 1 amide bonds. The van der Waals surface area contributed by atoms with E-state index in [9.17, 15) is 9.18 Å². The van der Waals surface area contributed by atoms with Gasteiger partial charge in [-0.2, -0.15) is 0 Å². The highest BCUT2D eigenvalue weighted by atomic mass is 19.1. The number of carbonyl (C=O) groups excluding carboxylic acids is 1. The lowest BCUT2D eigenvalue weighted by molar-refractivity contribution is -0.127. The highest BCUT2D eigenvalue weighted by Crippen LogP contribution is 2.29. The molecule has 0 saturated carbocycles. The largest absolute Gasteiger partial charge is 0.480 e. The van der Waals surface area contributed by atoms with Crippen LogP contribution < -0.4 is 10.1 Å². The van der Waals surface area contributed by atoms with Crippen molar-refractivity contribution in [3.05, 3.63) is 65.0 Å². The van der Waals surface area contributed by atoms with E-state index in [2.05, 4.69) is 34.2 Å². The van der Waals surface area contributed by atoms with Gasteiger partial charge >= 0.3 is 0 Å². The molecule has 4 rings (SSSR count). The molecule has 1 fully saturated rings. The highest BCUT2D eigenvalue weighted by molar-refractivity contribution is 5.82. The molecular weight excluding hydrogens is 369 g/mol. The third kappa shape index (κ3) is 4.77. The summed E-state index contributed by atoms with van der Waals surface area (Å²) in [6.45, 7) is 9.03. The summed E-state index contributed by atoms with van der Waals surface area (Å²) in [7, 11) is 0. The van der Waals surface area contributed by atoms with Gasteiger partial charge in [0.25, 0.3) is 5.91 Å². The van der Waals surface area contributed by atoms with Gasteiger partial charge in [0, 0.05) is 51.3 Å². The molecule has 154 valence electrons. The zero-order valence-corrected chi connectivity index (χ0v) is 16.9. The fourth-order valence-electron chi connectivity index (χ4n) is 4.05. The van der Waals surface area contributed by atoms with Crippen molar-refractivity contribution in [1.82, 2.24) is 15.1 Å². The molecule has 0 aliphatic carbocycles. The molecule has 1 atom stereocenters. The Bertz CT molecular complexity index is 865. The molecule has 2 heterocycles. The summed E-state index contributed by atoms with van der Waals surface area (Å²) >= 11 is 0. The van der Waals surface area contributed by atoms with E-state index < -0.39 is 6.10 Å². The van der Waals surface area contributed by atoms with Crippen molar-refractivity contribution in [3.63, 3.8) is 0 Å². The summed E-state index contributed by atoms with van der Waals surface area (Å²) in [6.07, 6.45) is -0.191. The second-order valence-corrected chi connectivity index (χ2v) is 7.76. The summed E-state index contributed by atoms with van der Waals surface area (Å²) in [6, 6.07) is 12.6. The highest BCUT2D eigenvalue weighted by Gasteiger charge is 2.29. The van der Waals surface area contributed by atoms with Gasteiger partial charge in [0.15, 0.2) is 6.10 Å². The molecule has 0 spiro atoms. The molecule has 2 aliphatic rings. The third-order valence-corrected chi connectivity index (χ3v) is 5.87. The van der Waals surface area contributed by atoms with Gasteiger partial charge in [-0.15, -0.1) is 0 Å². The molecule has 2 aromatic rings. The van der Waals surface area contributed by atoms with Crippen LogP contribution in [0.15, 0.2) is 42.5 Å². The first-order valence-electron chi connectivity index (χ1n) is 10.4. The summed E-state index contributed by atoms with van der Waals surface area (Å²) in [5, 5.41) is 3.00. The van der Waals surface area contributed by atoms with Gasteiger partial charge in [-0.3, -0.25) is 9.69 Å². The van der Waals surface area contributed by atoms with E-state index in [-0.39, 0.29) is 11.7 Å². The van der Waals surface area contributed by atoms with Gasteiger partial charge in [-0.05, 0) is 35.9 Å². The first-order chi connectivity index (χ1) is 14.1. The molecule has 0 aromatic heterocycles. The topological polar surface area (TPSA) is 44.8 Å². The van der Waals surface area contributed by atoms with Crippen molar-refractivity contribution >= 4 is 5.91 Å². The summed E-state index contributed by atoms with van der Waals surface area (Å²) < 4.78 is 19.1. The van der Waals surface area contributed by atoms with E-state index in [1.807, 2.05) is 12.1 Å². The Morgan fingerprint density at radius 3 is 2.59 bits per heavy atom. The number of benzene rings is 2. The fourth-order valence-corrected chi connectivity index (χ4v) is 4.05. The molecule has 2 aromatic carbocycles. The number of halogens is 1. The second kappa shape index (κ2) is 8.93. The lowest BCUT2D eigenvalue weighted by atomic mass is 10.1. The molecule has 0 radical (unpaired) electrons. The van der Waals surface area contributed by atoms with Crippen LogP contribution in [-0.2, 0) is 24.3 Å². The third-order valence-electron chi connectivity index (χ3n) is 5.87. The standard InChI is InChI=1S/C23H28FN3O2/c1-2-26-9-11-27(12-10-26)16-18-6-4-3-5-17(18)15-25-23(28)22-14-19-13-20(24)7-8-21(19)29-22/h3-8,13,22H,2,9-12,14-16H2,1H3,(H,25,28). The van der Waals surface area contributed by atoms with Crippen molar-refractivity contribution in [2.24, 2.45) is 0 Å². The van der Waals surface area contributed by atoms with Gasteiger partial charge in [0.1, 0.15) is 11.6 Å². The predicted octanol–water partition coefficient (Wildman–Crippen LogP) is 2.58. The molecule has 29 heavy (non-hydrogen) atoms. The van der Waals surface area contributed by atoms with Crippen LogP contribution >= 0.6 is 0 Å². The number of nitrogens with zero attached hydrogens (tertiary/aromatic N) is 2. The number of ether oxygens (including phenoxy) is 1. The van der Waals surface area contributed by atoms with Crippen LogP contribution in [0.1, 0.15) is 23.6 Å².